The van der Waals surface area contributed by atoms with Gasteiger partial charge in [-0.3, -0.25) is 9.59 Å². The Hall–Kier alpha value is -3.09. The predicted molar refractivity (Wildman–Crippen MR) is 136 cm³/mol. The van der Waals surface area contributed by atoms with Crippen LogP contribution in [0.25, 0.3) is 11.4 Å². The topological polar surface area (TPSA) is 116 Å². The fourth-order valence-electron chi connectivity index (χ4n) is 3.18. The summed E-state index contributed by atoms with van der Waals surface area (Å²) in [5.74, 6) is -0.169. The number of hydrogen-bond acceptors (Lipinski definition) is 9. The standard InChI is InChI=1S/C22H24ClN5O5S2/c1-11-16(21(31)33-6)19(35-17(11)20(30)27(2)3)24-15(29)10-34-22-26-25-18(28(22)4)13-9-12(23)7-8-14(13)32-5/h7-9H,10H2,1-6H3,(H,24,29). The van der Waals surface area contributed by atoms with Crippen molar-refractivity contribution in [2.75, 3.05) is 39.4 Å². The number of aromatic nitrogens is 3. The van der Waals surface area contributed by atoms with Crippen LogP contribution in [0, 0.1) is 6.92 Å². The van der Waals surface area contributed by atoms with Crippen molar-refractivity contribution >= 4 is 57.5 Å². The molecule has 0 bridgehead atoms. The van der Waals surface area contributed by atoms with E-state index in [1.165, 1.54) is 23.8 Å². The number of nitrogens with zero attached hydrogens (tertiary/aromatic N) is 4. The second kappa shape index (κ2) is 11.1. The summed E-state index contributed by atoms with van der Waals surface area (Å²) in [5.41, 5.74) is 1.29. The third-order valence-corrected chi connectivity index (χ3v) is 7.41. The van der Waals surface area contributed by atoms with Gasteiger partial charge in [0.2, 0.25) is 5.91 Å². The molecule has 0 atom stereocenters. The molecule has 3 rings (SSSR count). The molecule has 35 heavy (non-hydrogen) atoms. The first-order valence-electron chi connectivity index (χ1n) is 10.2. The van der Waals surface area contributed by atoms with Gasteiger partial charge in [-0.25, -0.2) is 4.79 Å². The smallest absolute Gasteiger partial charge is 0.341 e. The van der Waals surface area contributed by atoms with Crippen LogP contribution in [0.2, 0.25) is 5.02 Å². The van der Waals surface area contributed by atoms with E-state index >= 15 is 0 Å². The number of anilines is 1. The Morgan fingerprint density at radius 2 is 1.94 bits per heavy atom. The third kappa shape index (κ3) is 5.60. The van der Waals surface area contributed by atoms with Crippen molar-refractivity contribution < 1.29 is 23.9 Å². The minimum Gasteiger partial charge on any atom is -0.496 e. The van der Waals surface area contributed by atoms with Crippen LogP contribution in [0.3, 0.4) is 0 Å². The van der Waals surface area contributed by atoms with Crippen LogP contribution in [0.15, 0.2) is 23.4 Å². The van der Waals surface area contributed by atoms with Gasteiger partial charge in [0.05, 0.1) is 36.0 Å². The van der Waals surface area contributed by atoms with Gasteiger partial charge in [-0.05, 0) is 30.7 Å². The van der Waals surface area contributed by atoms with Gasteiger partial charge in [-0.2, -0.15) is 0 Å². The van der Waals surface area contributed by atoms with Crippen LogP contribution in [0.4, 0.5) is 5.00 Å². The summed E-state index contributed by atoms with van der Waals surface area (Å²) in [7, 11) is 7.79. The highest BCUT2D eigenvalue weighted by Crippen LogP contribution is 2.35. The van der Waals surface area contributed by atoms with E-state index in [-0.39, 0.29) is 28.1 Å². The van der Waals surface area contributed by atoms with E-state index in [2.05, 4.69) is 15.5 Å². The van der Waals surface area contributed by atoms with Gasteiger partial charge in [0.25, 0.3) is 5.91 Å². The summed E-state index contributed by atoms with van der Waals surface area (Å²) in [6, 6.07) is 5.18. The summed E-state index contributed by atoms with van der Waals surface area (Å²) in [5, 5.41) is 12.4. The van der Waals surface area contributed by atoms with Gasteiger partial charge in [-0.15, -0.1) is 21.5 Å². The highest BCUT2D eigenvalue weighted by molar-refractivity contribution is 7.99. The molecule has 0 saturated carbocycles. The van der Waals surface area contributed by atoms with E-state index in [1.54, 1.807) is 57.9 Å². The lowest BCUT2D eigenvalue weighted by Crippen LogP contribution is -2.21. The maximum absolute atomic E-state index is 12.7. The van der Waals surface area contributed by atoms with Crippen LogP contribution in [-0.4, -0.2) is 71.5 Å². The highest BCUT2D eigenvalue weighted by Gasteiger charge is 2.27. The summed E-state index contributed by atoms with van der Waals surface area (Å²) in [6.45, 7) is 1.65. The van der Waals surface area contributed by atoms with E-state index in [4.69, 9.17) is 21.1 Å². The fourth-order valence-corrected chi connectivity index (χ4v) is 5.30. The van der Waals surface area contributed by atoms with Crippen molar-refractivity contribution in [2.24, 2.45) is 7.05 Å². The number of carbonyl (C=O) groups is 3. The SMILES string of the molecule is COC(=O)c1c(NC(=O)CSc2nnc(-c3cc(Cl)ccc3OC)n2C)sc(C(=O)N(C)C)c1C. The quantitative estimate of drug-likeness (QED) is 0.341. The molecule has 1 N–H and O–H groups in total. The molecule has 0 aliphatic rings. The van der Waals surface area contributed by atoms with Crippen LogP contribution >= 0.6 is 34.7 Å². The Labute approximate surface area is 215 Å². The zero-order valence-corrected chi connectivity index (χ0v) is 22.4. The Morgan fingerprint density at radius 1 is 1.23 bits per heavy atom. The minimum atomic E-state index is -0.632. The molecule has 0 aliphatic heterocycles. The Bertz CT molecular complexity index is 1290. The van der Waals surface area contributed by atoms with Crippen molar-refractivity contribution in [3.8, 4) is 17.1 Å². The number of benzene rings is 1. The fraction of sp³-hybridized carbons (Fsp3) is 0.318. The number of methoxy groups -OCH3 is 2. The normalized spacial score (nSPS) is 10.7. The van der Waals surface area contributed by atoms with Crippen molar-refractivity contribution in [3.05, 3.63) is 39.2 Å². The van der Waals surface area contributed by atoms with Gasteiger partial charge in [0.15, 0.2) is 11.0 Å². The van der Waals surface area contributed by atoms with E-state index in [0.29, 0.717) is 37.8 Å². The molecule has 1 aromatic carbocycles. The molecule has 2 heterocycles. The average molecular weight is 538 g/mol. The van der Waals surface area contributed by atoms with E-state index in [9.17, 15) is 14.4 Å². The lowest BCUT2D eigenvalue weighted by Gasteiger charge is -2.09. The summed E-state index contributed by atoms with van der Waals surface area (Å²) in [6.07, 6.45) is 0. The molecule has 13 heteroatoms. The summed E-state index contributed by atoms with van der Waals surface area (Å²) >= 11 is 8.33. The highest BCUT2D eigenvalue weighted by atomic mass is 35.5. The van der Waals surface area contributed by atoms with Gasteiger partial charge in [-0.1, -0.05) is 23.4 Å². The van der Waals surface area contributed by atoms with Gasteiger partial charge < -0.3 is 24.3 Å². The molecule has 3 aromatic rings. The molecule has 0 aliphatic carbocycles. The van der Waals surface area contributed by atoms with E-state index in [0.717, 1.165) is 11.3 Å². The molecule has 0 saturated heterocycles. The zero-order chi connectivity index (χ0) is 25.9. The van der Waals surface area contributed by atoms with Crippen molar-refractivity contribution in [3.63, 3.8) is 0 Å². The lowest BCUT2D eigenvalue weighted by atomic mass is 10.1. The maximum atomic E-state index is 12.7. The number of nitrogens with one attached hydrogen (secondary N) is 1. The van der Waals surface area contributed by atoms with Crippen molar-refractivity contribution in [1.82, 2.24) is 19.7 Å². The Morgan fingerprint density at radius 3 is 2.57 bits per heavy atom. The predicted octanol–water partition coefficient (Wildman–Crippen LogP) is 3.73. The number of ether oxygens (including phenoxy) is 2. The first-order valence-corrected chi connectivity index (χ1v) is 12.4. The third-order valence-electron chi connectivity index (χ3n) is 4.96. The molecule has 0 fully saturated rings. The number of amides is 2. The molecular formula is C22H24ClN5O5S2. The first-order chi connectivity index (χ1) is 16.6. The van der Waals surface area contributed by atoms with Gasteiger partial charge in [0.1, 0.15) is 10.8 Å². The number of thiophene rings is 1. The number of esters is 1. The second-order valence-electron chi connectivity index (χ2n) is 7.50. The number of hydrogen-bond donors (Lipinski definition) is 1. The zero-order valence-electron chi connectivity index (χ0n) is 20.0. The molecule has 186 valence electrons. The average Bonchev–Trinajstić information content (AvgIpc) is 3.35. The van der Waals surface area contributed by atoms with E-state index < -0.39 is 5.97 Å². The van der Waals surface area contributed by atoms with Crippen LogP contribution < -0.4 is 10.1 Å². The number of rotatable bonds is 8. The Kier molecular flexibility index (Phi) is 8.41. The molecule has 10 nitrogen and oxygen atoms in total. The lowest BCUT2D eigenvalue weighted by molar-refractivity contribution is -0.113. The van der Waals surface area contributed by atoms with Crippen LogP contribution in [0.5, 0.6) is 5.75 Å². The number of thioether (sulfide) groups is 1. The monoisotopic (exact) mass is 537 g/mol. The number of halogens is 1. The van der Waals surface area contributed by atoms with Crippen molar-refractivity contribution in [2.45, 2.75) is 12.1 Å². The van der Waals surface area contributed by atoms with E-state index in [1.807, 2.05) is 0 Å². The molecule has 2 amide bonds. The van der Waals surface area contributed by atoms with Gasteiger partial charge >= 0.3 is 5.97 Å². The van der Waals surface area contributed by atoms with Gasteiger partial charge in [0, 0.05) is 26.2 Å². The van der Waals surface area contributed by atoms with Crippen molar-refractivity contribution in [1.29, 1.82) is 0 Å². The van der Waals surface area contributed by atoms with Crippen LogP contribution in [0.1, 0.15) is 25.6 Å². The minimum absolute atomic E-state index is 0.00677. The number of carbonyl (C=O) groups excluding carboxylic acids is 3. The molecule has 0 radical (unpaired) electrons. The summed E-state index contributed by atoms with van der Waals surface area (Å²) < 4.78 is 12.0. The second-order valence-corrected chi connectivity index (χ2v) is 9.90. The molecule has 2 aromatic heterocycles. The molecule has 0 unspecified atom stereocenters. The molecule has 0 spiro atoms. The van der Waals surface area contributed by atoms with Crippen LogP contribution in [-0.2, 0) is 16.6 Å². The first kappa shape index (κ1) is 26.5. The maximum Gasteiger partial charge on any atom is 0.341 e. The molecular weight excluding hydrogens is 514 g/mol. The summed E-state index contributed by atoms with van der Waals surface area (Å²) in [4.78, 5) is 39.3. The Balaban J connectivity index is 1.79. The largest absolute Gasteiger partial charge is 0.496 e.